The van der Waals surface area contributed by atoms with Crippen molar-refractivity contribution in [2.75, 3.05) is 25.6 Å². The number of nitrogens with one attached hydrogen (secondary N) is 2. The molecule has 1 unspecified atom stereocenters. The first-order chi connectivity index (χ1) is 11.2. The van der Waals surface area contributed by atoms with E-state index in [4.69, 9.17) is 4.74 Å². The molecule has 0 aliphatic carbocycles. The third-order valence-electron chi connectivity index (χ3n) is 3.34. The van der Waals surface area contributed by atoms with Crippen molar-refractivity contribution in [3.8, 4) is 0 Å². The van der Waals surface area contributed by atoms with E-state index in [0.717, 1.165) is 12.0 Å². The van der Waals surface area contributed by atoms with Crippen LogP contribution in [-0.2, 0) is 4.74 Å². The number of anilines is 1. The van der Waals surface area contributed by atoms with Gasteiger partial charge in [0, 0.05) is 26.5 Å². The van der Waals surface area contributed by atoms with Crippen molar-refractivity contribution in [3.63, 3.8) is 0 Å². The molecule has 0 spiro atoms. The lowest BCUT2D eigenvalue weighted by Gasteiger charge is -2.14. The van der Waals surface area contributed by atoms with E-state index in [1.54, 1.807) is 19.4 Å². The van der Waals surface area contributed by atoms with Crippen LogP contribution in [0.25, 0.3) is 0 Å². The largest absolute Gasteiger partial charge is 0.385 e. The molecule has 1 heterocycles. The molecule has 2 rings (SSSR count). The summed E-state index contributed by atoms with van der Waals surface area (Å²) >= 11 is 0. The second-order valence-corrected chi connectivity index (χ2v) is 5.14. The molecule has 0 fully saturated rings. The fraction of sp³-hybridized carbons (Fsp3) is 0.353. The first-order valence-electron chi connectivity index (χ1n) is 7.62. The van der Waals surface area contributed by atoms with E-state index in [9.17, 15) is 4.79 Å². The summed E-state index contributed by atoms with van der Waals surface area (Å²) in [6, 6.07) is 11.3. The zero-order chi connectivity index (χ0) is 16.5. The number of nitrogens with zero attached hydrogens (tertiary/aromatic N) is 2. The molecule has 0 aliphatic rings. The summed E-state index contributed by atoms with van der Waals surface area (Å²) in [7, 11) is 1.66. The van der Waals surface area contributed by atoms with Crippen LogP contribution in [0.15, 0.2) is 42.6 Å². The molecule has 23 heavy (non-hydrogen) atoms. The highest BCUT2D eigenvalue weighted by atomic mass is 16.5. The number of amides is 1. The molecule has 1 aromatic heterocycles. The van der Waals surface area contributed by atoms with E-state index in [-0.39, 0.29) is 11.9 Å². The lowest BCUT2D eigenvalue weighted by molar-refractivity contribution is 0.0935. The van der Waals surface area contributed by atoms with Crippen molar-refractivity contribution in [2.45, 2.75) is 19.4 Å². The number of carbonyl (C=O) groups excluding carboxylic acids is 1. The molecule has 1 atom stereocenters. The molecule has 1 aromatic carbocycles. The van der Waals surface area contributed by atoms with Crippen LogP contribution in [0.1, 0.15) is 35.4 Å². The van der Waals surface area contributed by atoms with Crippen molar-refractivity contribution < 1.29 is 9.53 Å². The zero-order valence-corrected chi connectivity index (χ0v) is 13.5. The summed E-state index contributed by atoms with van der Waals surface area (Å²) in [5.74, 6) is 0.227. The van der Waals surface area contributed by atoms with Crippen LogP contribution >= 0.6 is 0 Å². The van der Waals surface area contributed by atoms with Crippen LogP contribution < -0.4 is 10.6 Å². The van der Waals surface area contributed by atoms with Crippen LogP contribution in [0.3, 0.4) is 0 Å². The van der Waals surface area contributed by atoms with Gasteiger partial charge < -0.3 is 15.4 Å². The summed E-state index contributed by atoms with van der Waals surface area (Å²) in [6.45, 7) is 3.30. The Hall–Kier alpha value is -2.47. The lowest BCUT2D eigenvalue weighted by atomic mass is 10.1. The van der Waals surface area contributed by atoms with Crippen LogP contribution in [0.4, 0.5) is 5.95 Å². The second kappa shape index (κ2) is 8.85. The maximum atomic E-state index is 12.3. The van der Waals surface area contributed by atoms with Gasteiger partial charge in [-0.25, -0.2) is 9.97 Å². The van der Waals surface area contributed by atoms with Gasteiger partial charge in [0.05, 0.1) is 6.04 Å². The standard InChI is InChI=1S/C17H22N4O2/c1-13(14-7-4-3-5-8-14)20-16(22)15-9-11-19-17(21-15)18-10-6-12-23-2/h3-5,7-9,11,13H,6,10,12H2,1-2H3,(H,20,22)(H,18,19,21). The Kier molecular flexibility index (Phi) is 6.50. The Morgan fingerprint density at radius 2 is 2.04 bits per heavy atom. The van der Waals surface area contributed by atoms with Crippen LogP contribution in [0, 0.1) is 0 Å². The number of benzene rings is 1. The average molecular weight is 314 g/mol. The van der Waals surface area contributed by atoms with Gasteiger partial charge in [-0.3, -0.25) is 4.79 Å². The van der Waals surface area contributed by atoms with Crippen LogP contribution in [-0.4, -0.2) is 36.1 Å². The third-order valence-corrected chi connectivity index (χ3v) is 3.34. The summed E-state index contributed by atoms with van der Waals surface area (Å²) in [4.78, 5) is 20.7. The number of ether oxygens (including phenoxy) is 1. The highest BCUT2D eigenvalue weighted by Gasteiger charge is 2.13. The van der Waals surface area contributed by atoms with Gasteiger partial charge in [0.2, 0.25) is 5.95 Å². The van der Waals surface area contributed by atoms with Crippen LogP contribution in [0.5, 0.6) is 0 Å². The van der Waals surface area contributed by atoms with E-state index in [2.05, 4.69) is 20.6 Å². The normalized spacial score (nSPS) is 11.7. The summed E-state index contributed by atoms with van der Waals surface area (Å²) < 4.78 is 4.98. The minimum atomic E-state index is -0.219. The molecule has 0 saturated heterocycles. The predicted molar refractivity (Wildman–Crippen MR) is 89.3 cm³/mol. The van der Waals surface area contributed by atoms with Gasteiger partial charge in [0.1, 0.15) is 5.69 Å². The fourth-order valence-electron chi connectivity index (χ4n) is 2.08. The first kappa shape index (κ1) is 16.9. The maximum Gasteiger partial charge on any atom is 0.270 e. The number of rotatable bonds is 8. The molecule has 0 radical (unpaired) electrons. The topological polar surface area (TPSA) is 76.1 Å². The number of aromatic nitrogens is 2. The molecular weight excluding hydrogens is 292 g/mol. The number of hydrogen-bond donors (Lipinski definition) is 2. The Morgan fingerprint density at radius 3 is 2.78 bits per heavy atom. The van der Waals surface area contributed by atoms with Gasteiger partial charge in [-0.05, 0) is 25.0 Å². The minimum Gasteiger partial charge on any atom is -0.385 e. The number of carbonyl (C=O) groups is 1. The van der Waals surface area contributed by atoms with Crippen molar-refractivity contribution in [1.29, 1.82) is 0 Å². The van der Waals surface area contributed by atoms with E-state index in [1.165, 1.54) is 0 Å². The van der Waals surface area contributed by atoms with Crippen molar-refractivity contribution in [1.82, 2.24) is 15.3 Å². The van der Waals surface area contributed by atoms with E-state index in [1.807, 2.05) is 37.3 Å². The maximum absolute atomic E-state index is 12.3. The van der Waals surface area contributed by atoms with Gasteiger partial charge >= 0.3 is 0 Å². The fourth-order valence-corrected chi connectivity index (χ4v) is 2.08. The Balaban J connectivity index is 1.94. The summed E-state index contributed by atoms with van der Waals surface area (Å²) in [6.07, 6.45) is 2.43. The van der Waals surface area contributed by atoms with E-state index in [0.29, 0.717) is 24.8 Å². The van der Waals surface area contributed by atoms with Gasteiger partial charge in [-0.15, -0.1) is 0 Å². The Bertz CT molecular complexity index is 619. The zero-order valence-electron chi connectivity index (χ0n) is 13.5. The SMILES string of the molecule is COCCCNc1nccc(C(=O)NC(C)c2ccccc2)n1. The summed E-state index contributed by atoms with van der Waals surface area (Å²) in [5.41, 5.74) is 1.39. The predicted octanol–water partition coefficient (Wildman–Crippen LogP) is 2.42. The number of methoxy groups -OCH3 is 1. The van der Waals surface area contributed by atoms with Gasteiger partial charge in [-0.1, -0.05) is 30.3 Å². The van der Waals surface area contributed by atoms with Crippen molar-refractivity contribution in [2.24, 2.45) is 0 Å². The van der Waals surface area contributed by atoms with E-state index >= 15 is 0 Å². The summed E-state index contributed by atoms with van der Waals surface area (Å²) in [5, 5.41) is 6.02. The third kappa shape index (κ3) is 5.34. The van der Waals surface area contributed by atoms with Crippen LogP contribution in [0.2, 0.25) is 0 Å². The highest BCUT2D eigenvalue weighted by Crippen LogP contribution is 2.12. The molecule has 0 saturated carbocycles. The van der Waals surface area contributed by atoms with Gasteiger partial charge in [-0.2, -0.15) is 0 Å². The van der Waals surface area contributed by atoms with Crippen molar-refractivity contribution in [3.05, 3.63) is 53.9 Å². The van der Waals surface area contributed by atoms with Gasteiger partial charge in [0.15, 0.2) is 0 Å². The first-order valence-corrected chi connectivity index (χ1v) is 7.62. The Labute approximate surface area is 136 Å². The second-order valence-electron chi connectivity index (χ2n) is 5.14. The highest BCUT2D eigenvalue weighted by molar-refractivity contribution is 5.92. The average Bonchev–Trinajstić information content (AvgIpc) is 2.60. The molecule has 2 N–H and O–H groups in total. The molecular formula is C17H22N4O2. The number of hydrogen-bond acceptors (Lipinski definition) is 5. The lowest BCUT2D eigenvalue weighted by Crippen LogP contribution is -2.27. The van der Waals surface area contributed by atoms with E-state index < -0.39 is 0 Å². The quantitative estimate of drug-likeness (QED) is 0.732. The minimum absolute atomic E-state index is 0.0863. The van der Waals surface area contributed by atoms with Gasteiger partial charge in [0.25, 0.3) is 5.91 Å². The molecule has 1 amide bonds. The monoisotopic (exact) mass is 314 g/mol. The van der Waals surface area contributed by atoms with Crippen molar-refractivity contribution >= 4 is 11.9 Å². The smallest absolute Gasteiger partial charge is 0.270 e. The molecule has 6 heteroatoms. The molecule has 122 valence electrons. The molecule has 0 bridgehead atoms. The molecule has 0 aliphatic heterocycles. The molecule has 2 aromatic rings. The molecule has 6 nitrogen and oxygen atoms in total. The Morgan fingerprint density at radius 1 is 1.26 bits per heavy atom.